The molecule has 4 saturated heterocycles. The molecular weight excluding hydrogens is 1100 g/mol. The molecule has 440 valence electrons. The molecule has 4 aliphatic rings. The lowest BCUT2D eigenvalue weighted by molar-refractivity contribution is -0.152. The molecule has 2 aromatic rings. The van der Waals surface area contributed by atoms with Gasteiger partial charge >= 0.3 is 34.8 Å². The highest BCUT2D eigenvalue weighted by molar-refractivity contribution is 7.49. The van der Waals surface area contributed by atoms with Crippen LogP contribution in [0.4, 0.5) is 0 Å². The zero-order chi connectivity index (χ0) is 57.3. The molecule has 0 radical (unpaired) electrons. The van der Waals surface area contributed by atoms with Crippen molar-refractivity contribution in [3.8, 4) is 0 Å². The van der Waals surface area contributed by atoms with E-state index in [2.05, 4.69) is 15.3 Å². The van der Waals surface area contributed by atoms with Crippen molar-refractivity contribution < 1.29 is 88.1 Å². The molecule has 10 unspecified atom stereocenters. The molecule has 4 aliphatic heterocycles. The highest BCUT2D eigenvalue weighted by Gasteiger charge is 2.53. The van der Waals surface area contributed by atoms with E-state index in [1.54, 1.807) is 13.8 Å². The molecule has 29 nitrogen and oxygen atoms in total. The first-order valence-electron chi connectivity index (χ1n) is 25.5. The average Bonchev–Trinajstić information content (AvgIpc) is 4.16. The number of hydrogen-bond acceptors (Lipinski definition) is 24. The Kier molecular flexibility index (Phi) is 22.5. The fourth-order valence-electron chi connectivity index (χ4n) is 9.45. The van der Waals surface area contributed by atoms with Crippen LogP contribution in [0.25, 0.3) is 0 Å². The number of imide groups is 1. The van der Waals surface area contributed by atoms with Crippen molar-refractivity contribution in [2.45, 2.75) is 160 Å². The summed E-state index contributed by atoms with van der Waals surface area (Å²) in [6.45, 7) is 8.74. The molecule has 16 atom stereocenters. The number of nitrogens with two attached hydrogens (primary N) is 1. The van der Waals surface area contributed by atoms with Crippen molar-refractivity contribution >= 4 is 35.3 Å². The SMILES string of the molecule is CCCCOP(=O)(OC)OCC1O[C@@H](n2cc(C)c(=O)[nH]c2=O)C[C@H]1OP(=O)(OC)OC1CC2O[C@@H](C(C(=O)NC(=O)/C(C)=C\N)C(C)CC3O[C@@H](n4cc(C)c(=O)[nH]c4=O)C[C@H]3OP(=O)(OC)OCCCO)C[C@H]2OC1C. The predicted octanol–water partition coefficient (Wildman–Crippen LogP) is 3.41. The summed E-state index contributed by atoms with van der Waals surface area (Å²) in [6.07, 6.45) is -6.24. The maximum absolute atomic E-state index is 14.6. The second-order valence-corrected chi connectivity index (χ2v) is 24.6. The van der Waals surface area contributed by atoms with Gasteiger partial charge in [-0.1, -0.05) is 20.3 Å². The van der Waals surface area contributed by atoms with Crippen LogP contribution >= 0.6 is 23.5 Å². The molecule has 78 heavy (non-hydrogen) atoms. The summed E-state index contributed by atoms with van der Waals surface area (Å²) >= 11 is 0. The number of aliphatic hydroxyl groups is 1. The maximum Gasteiger partial charge on any atom is 0.475 e. The largest absolute Gasteiger partial charge is 0.475 e. The van der Waals surface area contributed by atoms with Crippen LogP contribution in [0.2, 0.25) is 0 Å². The second-order valence-electron chi connectivity index (χ2n) is 19.4. The van der Waals surface area contributed by atoms with Crippen LogP contribution in [0.3, 0.4) is 0 Å². The maximum atomic E-state index is 14.6. The Labute approximate surface area is 449 Å². The number of phosphoric acid groups is 3. The Balaban J connectivity index is 1.23. The summed E-state index contributed by atoms with van der Waals surface area (Å²) in [5, 5.41) is 11.7. The molecule has 6 heterocycles. The topological polar surface area (TPSA) is 373 Å². The van der Waals surface area contributed by atoms with Crippen LogP contribution in [0, 0.1) is 25.7 Å². The van der Waals surface area contributed by atoms with Gasteiger partial charge in [-0.05, 0) is 52.9 Å². The molecule has 4 fully saturated rings. The minimum atomic E-state index is -4.63. The average molecular weight is 1170 g/mol. The van der Waals surface area contributed by atoms with E-state index in [0.717, 1.165) is 43.1 Å². The lowest BCUT2D eigenvalue weighted by Crippen LogP contribution is -2.45. The Morgan fingerprint density at radius 3 is 1.86 bits per heavy atom. The number of aryl methyl sites for hydroxylation is 2. The molecular formula is C46H73N6O23P3. The van der Waals surface area contributed by atoms with Gasteiger partial charge in [-0.3, -0.25) is 84.3 Å². The molecule has 0 aromatic carbocycles. The molecule has 0 spiro atoms. The first-order valence-corrected chi connectivity index (χ1v) is 29.9. The number of aromatic nitrogens is 4. The van der Waals surface area contributed by atoms with E-state index in [-0.39, 0.29) is 75.0 Å². The van der Waals surface area contributed by atoms with Gasteiger partial charge in [0.25, 0.3) is 17.0 Å². The molecule has 0 bridgehead atoms. The Morgan fingerprint density at radius 1 is 0.769 bits per heavy atom. The number of hydrogen-bond donors (Lipinski definition) is 5. The van der Waals surface area contributed by atoms with E-state index in [1.165, 1.54) is 33.2 Å². The minimum Gasteiger partial charge on any atom is -0.404 e. The van der Waals surface area contributed by atoms with Crippen molar-refractivity contribution in [1.82, 2.24) is 24.4 Å². The number of H-pyrrole nitrogens is 2. The summed E-state index contributed by atoms with van der Waals surface area (Å²) in [7, 11) is -9.75. The third kappa shape index (κ3) is 15.8. The summed E-state index contributed by atoms with van der Waals surface area (Å²) in [5.74, 6) is -3.44. The van der Waals surface area contributed by atoms with Gasteiger partial charge in [-0.15, -0.1) is 0 Å². The third-order valence-electron chi connectivity index (χ3n) is 13.8. The number of ether oxygens (including phenoxy) is 4. The van der Waals surface area contributed by atoms with Crippen molar-refractivity contribution in [1.29, 1.82) is 0 Å². The Hall–Kier alpha value is -3.83. The van der Waals surface area contributed by atoms with Gasteiger partial charge in [-0.2, -0.15) is 0 Å². The number of carbonyl (C=O) groups is 2. The van der Waals surface area contributed by atoms with Crippen LogP contribution in [-0.4, -0.2) is 139 Å². The summed E-state index contributed by atoms with van der Waals surface area (Å²) in [6, 6.07) is 0. The fraction of sp³-hybridized carbons (Fsp3) is 0.739. The number of nitrogens with zero attached hydrogens (tertiary/aromatic N) is 2. The minimum absolute atomic E-state index is 0.0173. The standard InChI is InChI=1S/C46H73N6O23P3/c1-10-11-14-66-76(60,63-7)68-24-37-35(20-39(72-37)52-23-28(5)43(56)50-46(52)59)75-78(62,65-9)73-30-17-33-32(69-29(30)6)18-36(70-33)40(44(57)48-41(54)26(3)21-47)25(2)16-31-34(74-77(61,64-8)67-15-12-13-53)19-38(71-31)51-22-27(4)42(55)49-45(51)58/h21-23,25,29-40,53H,10-20,24,47H2,1-9H3,(H,48,54,57)(H,49,55,58)(H,50,56,59)/b26-21-/t25?,29?,30?,31?,32-,33?,34-,35-,36-,37?,38-,39-,40?,76?,77?,78?/m1/s1. The van der Waals surface area contributed by atoms with E-state index in [9.17, 15) is 47.6 Å². The summed E-state index contributed by atoms with van der Waals surface area (Å²) < 4.78 is 120. The number of unbranched alkanes of at least 4 members (excludes halogenated alkanes) is 1. The number of aliphatic hydroxyl groups excluding tert-OH is 1. The number of phosphoric ester groups is 3. The number of nitrogens with one attached hydrogen (secondary N) is 3. The second kappa shape index (κ2) is 27.8. The molecule has 2 amide bonds. The van der Waals surface area contributed by atoms with Crippen LogP contribution < -0.4 is 33.5 Å². The van der Waals surface area contributed by atoms with Gasteiger partial charge in [0.05, 0.1) is 68.5 Å². The molecule has 0 saturated carbocycles. The zero-order valence-corrected chi connectivity index (χ0v) is 47.6. The first kappa shape index (κ1) is 63.4. The predicted molar refractivity (Wildman–Crippen MR) is 273 cm³/mol. The highest BCUT2D eigenvalue weighted by atomic mass is 31.2. The number of fused-ring (bicyclic) bond motifs is 1. The number of carbonyl (C=O) groups excluding carboxylic acids is 2. The first-order chi connectivity index (χ1) is 36.9. The van der Waals surface area contributed by atoms with Crippen molar-refractivity contribution in [2.75, 3.05) is 47.8 Å². The Morgan fingerprint density at radius 2 is 1.29 bits per heavy atom. The van der Waals surface area contributed by atoms with Gasteiger partial charge < -0.3 is 29.8 Å². The zero-order valence-electron chi connectivity index (χ0n) is 45.0. The quantitative estimate of drug-likeness (QED) is 0.0463. The van der Waals surface area contributed by atoms with E-state index in [4.69, 9.17) is 65.4 Å². The molecule has 32 heteroatoms. The van der Waals surface area contributed by atoms with Gasteiger partial charge in [0.1, 0.15) is 24.7 Å². The van der Waals surface area contributed by atoms with E-state index >= 15 is 0 Å². The number of aromatic amines is 2. The van der Waals surface area contributed by atoms with Crippen molar-refractivity contribution in [3.05, 3.63) is 77.0 Å². The van der Waals surface area contributed by atoms with Gasteiger partial charge in [0.2, 0.25) is 5.91 Å². The lowest BCUT2D eigenvalue weighted by atomic mass is 9.82. The van der Waals surface area contributed by atoms with Gasteiger partial charge in [-0.25, -0.2) is 23.3 Å². The molecule has 0 aliphatic carbocycles. The normalized spacial score (nSPS) is 29.5. The monoisotopic (exact) mass is 1170 g/mol. The van der Waals surface area contributed by atoms with E-state index in [0.29, 0.717) is 6.42 Å². The van der Waals surface area contributed by atoms with Crippen LogP contribution in [-0.2, 0) is 82.9 Å². The van der Waals surface area contributed by atoms with Crippen LogP contribution in [0.5, 0.6) is 0 Å². The summed E-state index contributed by atoms with van der Waals surface area (Å²) in [5.41, 5.74) is 3.22. The molecule has 6 rings (SSSR count). The van der Waals surface area contributed by atoms with E-state index < -0.39 is 144 Å². The molecule has 2 aromatic heterocycles. The Bertz CT molecular complexity index is 2820. The summed E-state index contributed by atoms with van der Waals surface area (Å²) in [4.78, 5) is 82.6. The molecule has 6 N–H and O–H groups in total. The number of amides is 2. The van der Waals surface area contributed by atoms with Crippen molar-refractivity contribution in [3.63, 3.8) is 0 Å². The van der Waals surface area contributed by atoms with E-state index in [1.807, 2.05) is 6.92 Å². The fourth-order valence-corrected chi connectivity index (χ4v) is 12.9. The van der Waals surface area contributed by atoms with Crippen LogP contribution in [0.1, 0.15) is 103 Å². The van der Waals surface area contributed by atoms with Gasteiger partial charge in [0.15, 0.2) is 0 Å². The number of rotatable bonds is 28. The lowest BCUT2D eigenvalue weighted by Gasteiger charge is -2.37. The van der Waals surface area contributed by atoms with Crippen molar-refractivity contribution in [2.24, 2.45) is 17.6 Å². The third-order valence-corrected chi connectivity index (χ3v) is 18.2. The van der Waals surface area contributed by atoms with Crippen LogP contribution in [0.15, 0.2) is 43.3 Å². The highest BCUT2D eigenvalue weighted by Crippen LogP contribution is 2.57. The smallest absolute Gasteiger partial charge is 0.404 e. The van der Waals surface area contributed by atoms with Gasteiger partial charge in [0, 0.05) is 88.9 Å².